The van der Waals surface area contributed by atoms with Crippen molar-refractivity contribution in [1.82, 2.24) is 15.0 Å². The number of nitrogens with zero attached hydrogens (tertiary/aromatic N) is 3. The van der Waals surface area contributed by atoms with Gasteiger partial charge in [0.1, 0.15) is 6.04 Å². The summed E-state index contributed by atoms with van der Waals surface area (Å²) in [6, 6.07) is 4.86. The lowest BCUT2D eigenvalue weighted by atomic mass is 10.2. The van der Waals surface area contributed by atoms with E-state index in [9.17, 15) is 4.79 Å². The molecule has 19 heavy (non-hydrogen) atoms. The van der Waals surface area contributed by atoms with E-state index in [2.05, 4.69) is 26.2 Å². The highest BCUT2D eigenvalue weighted by molar-refractivity contribution is 9.10. The minimum Gasteiger partial charge on any atom is -0.480 e. The molecule has 2 aromatic rings. The maximum Gasteiger partial charge on any atom is 0.320 e. The molecule has 6 nitrogen and oxygen atoms in total. The van der Waals surface area contributed by atoms with E-state index in [4.69, 9.17) is 10.8 Å². The van der Waals surface area contributed by atoms with Crippen LogP contribution < -0.4 is 5.73 Å². The summed E-state index contributed by atoms with van der Waals surface area (Å²) in [5.74, 6) is -1.05. The second-order valence-corrected chi connectivity index (χ2v) is 5.15. The predicted molar refractivity (Wildman–Crippen MR) is 73.1 cm³/mol. The first-order valence-corrected chi connectivity index (χ1v) is 6.43. The van der Waals surface area contributed by atoms with Crippen LogP contribution in [0, 0.1) is 6.92 Å². The number of carboxylic acids is 1. The van der Waals surface area contributed by atoms with Gasteiger partial charge in [0.2, 0.25) is 0 Å². The zero-order chi connectivity index (χ0) is 14.0. The molecule has 0 aliphatic rings. The molecule has 0 saturated heterocycles. The average Bonchev–Trinajstić information content (AvgIpc) is 2.80. The summed E-state index contributed by atoms with van der Waals surface area (Å²) in [7, 11) is 0. The van der Waals surface area contributed by atoms with Gasteiger partial charge in [-0.15, -0.1) is 5.10 Å². The van der Waals surface area contributed by atoms with Crippen LogP contribution in [0.1, 0.15) is 11.3 Å². The minimum absolute atomic E-state index is 0.155. The highest BCUT2D eigenvalue weighted by Gasteiger charge is 2.15. The topological polar surface area (TPSA) is 94.0 Å². The summed E-state index contributed by atoms with van der Waals surface area (Å²) in [6.45, 7) is 1.96. The molecule has 7 heteroatoms. The fourth-order valence-corrected chi connectivity index (χ4v) is 2.00. The third-order valence-corrected chi connectivity index (χ3v) is 3.20. The van der Waals surface area contributed by atoms with Gasteiger partial charge in [0, 0.05) is 10.9 Å². The molecule has 0 fully saturated rings. The fourth-order valence-electron chi connectivity index (χ4n) is 1.65. The Kier molecular flexibility index (Phi) is 3.96. The summed E-state index contributed by atoms with van der Waals surface area (Å²) in [5.41, 5.74) is 7.95. The van der Waals surface area contributed by atoms with Crippen LogP contribution in [0.25, 0.3) is 5.69 Å². The molecular weight excluding hydrogens is 312 g/mol. The van der Waals surface area contributed by atoms with Crippen LogP contribution in [0.5, 0.6) is 0 Å². The number of halogens is 1. The normalized spacial score (nSPS) is 12.4. The first kappa shape index (κ1) is 13.7. The van der Waals surface area contributed by atoms with Gasteiger partial charge in [0.25, 0.3) is 0 Å². The minimum atomic E-state index is -1.05. The number of hydrogen-bond donors (Lipinski definition) is 2. The molecule has 1 atom stereocenters. The Hall–Kier alpha value is -1.73. The highest BCUT2D eigenvalue weighted by Crippen LogP contribution is 2.19. The summed E-state index contributed by atoms with van der Waals surface area (Å²) in [5, 5.41) is 16.7. The SMILES string of the molecule is Cc1ccc(Br)cc1-n1cc(CC(N)C(=O)O)nn1. The summed E-state index contributed by atoms with van der Waals surface area (Å²) >= 11 is 3.40. The molecule has 1 unspecified atom stereocenters. The Labute approximate surface area is 118 Å². The van der Waals surface area contributed by atoms with Crippen LogP contribution in [-0.2, 0) is 11.2 Å². The molecule has 0 amide bonds. The number of nitrogens with two attached hydrogens (primary N) is 1. The van der Waals surface area contributed by atoms with Gasteiger partial charge in [-0.25, -0.2) is 4.68 Å². The zero-order valence-electron chi connectivity index (χ0n) is 10.2. The van der Waals surface area contributed by atoms with E-state index in [0.29, 0.717) is 5.69 Å². The van der Waals surface area contributed by atoms with Crippen LogP contribution in [-0.4, -0.2) is 32.1 Å². The van der Waals surface area contributed by atoms with Crippen molar-refractivity contribution in [3.63, 3.8) is 0 Å². The number of rotatable bonds is 4. The lowest BCUT2D eigenvalue weighted by Crippen LogP contribution is -2.32. The van der Waals surface area contributed by atoms with Crippen molar-refractivity contribution in [1.29, 1.82) is 0 Å². The van der Waals surface area contributed by atoms with E-state index in [-0.39, 0.29) is 6.42 Å². The van der Waals surface area contributed by atoms with Gasteiger partial charge in [0.05, 0.1) is 17.6 Å². The standard InChI is InChI=1S/C12H13BrN4O2/c1-7-2-3-8(13)4-11(7)17-6-9(15-16-17)5-10(14)12(18)19/h2-4,6,10H,5,14H2,1H3,(H,18,19). The molecule has 0 bridgehead atoms. The second-order valence-electron chi connectivity index (χ2n) is 4.23. The van der Waals surface area contributed by atoms with E-state index in [1.54, 1.807) is 10.9 Å². The molecule has 100 valence electrons. The van der Waals surface area contributed by atoms with Crippen LogP contribution in [0.15, 0.2) is 28.9 Å². The molecule has 0 aliphatic heterocycles. The zero-order valence-corrected chi connectivity index (χ0v) is 11.8. The van der Waals surface area contributed by atoms with Crippen LogP contribution >= 0.6 is 15.9 Å². The highest BCUT2D eigenvalue weighted by atomic mass is 79.9. The van der Waals surface area contributed by atoms with E-state index >= 15 is 0 Å². The number of aryl methyl sites for hydroxylation is 1. The monoisotopic (exact) mass is 324 g/mol. The second kappa shape index (κ2) is 5.50. The first-order chi connectivity index (χ1) is 8.97. The van der Waals surface area contributed by atoms with Crippen LogP contribution in [0.2, 0.25) is 0 Å². The number of carbonyl (C=O) groups is 1. The largest absolute Gasteiger partial charge is 0.480 e. The van der Waals surface area contributed by atoms with Crippen LogP contribution in [0.3, 0.4) is 0 Å². The smallest absolute Gasteiger partial charge is 0.320 e. The number of hydrogen-bond acceptors (Lipinski definition) is 4. The Bertz CT molecular complexity index is 612. The van der Waals surface area contributed by atoms with Gasteiger partial charge in [-0.2, -0.15) is 0 Å². The van der Waals surface area contributed by atoms with Crippen molar-refractivity contribution >= 4 is 21.9 Å². The molecular formula is C12H13BrN4O2. The molecule has 0 aliphatic carbocycles. The quantitative estimate of drug-likeness (QED) is 0.883. The van der Waals surface area contributed by atoms with Gasteiger partial charge in [0.15, 0.2) is 0 Å². The van der Waals surface area contributed by atoms with Crippen LogP contribution in [0.4, 0.5) is 0 Å². The van der Waals surface area contributed by atoms with E-state index in [1.807, 2.05) is 25.1 Å². The van der Waals surface area contributed by atoms with Gasteiger partial charge in [-0.05, 0) is 24.6 Å². The van der Waals surface area contributed by atoms with E-state index in [1.165, 1.54) is 0 Å². The maximum atomic E-state index is 10.7. The van der Waals surface area contributed by atoms with Gasteiger partial charge < -0.3 is 10.8 Å². The number of aliphatic carboxylic acids is 1. The van der Waals surface area contributed by atoms with E-state index < -0.39 is 12.0 Å². The first-order valence-electron chi connectivity index (χ1n) is 5.63. The number of aromatic nitrogens is 3. The molecule has 0 radical (unpaired) electrons. The lowest BCUT2D eigenvalue weighted by Gasteiger charge is -2.05. The van der Waals surface area contributed by atoms with Crippen molar-refractivity contribution in [2.24, 2.45) is 5.73 Å². The van der Waals surface area contributed by atoms with Crippen molar-refractivity contribution < 1.29 is 9.90 Å². The number of benzene rings is 1. The molecule has 0 saturated carbocycles. The fraction of sp³-hybridized carbons (Fsp3) is 0.250. The Morgan fingerprint density at radius 3 is 3.00 bits per heavy atom. The third-order valence-electron chi connectivity index (χ3n) is 2.71. The van der Waals surface area contributed by atoms with Crippen molar-refractivity contribution in [3.8, 4) is 5.69 Å². The average molecular weight is 325 g/mol. The van der Waals surface area contributed by atoms with Crippen molar-refractivity contribution in [3.05, 3.63) is 40.1 Å². The lowest BCUT2D eigenvalue weighted by molar-refractivity contribution is -0.138. The third kappa shape index (κ3) is 3.18. The summed E-state index contributed by atoms with van der Waals surface area (Å²) < 4.78 is 2.55. The van der Waals surface area contributed by atoms with Gasteiger partial charge in [-0.1, -0.05) is 27.2 Å². The molecule has 3 N–H and O–H groups in total. The summed E-state index contributed by atoms with van der Waals surface area (Å²) in [6.07, 6.45) is 1.85. The molecule has 1 aromatic carbocycles. The molecule has 2 rings (SSSR count). The maximum absolute atomic E-state index is 10.7. The van der Waals surface area contributed by atoms with E-state index in [0.717, 1.165) is 15.7 Å². The van der Waals surface area contributed by atoms with Gasteiger partial charge >= 0.3 is 5.97 Å². The Morgan fingerprint density at radius 1 is 1.58 bits per heavy atom. The molecule has 0 spiro atoms. The van der Waals surface area contributed by atoms with Gasteiger partial charge in [-0.3, -0.25) is 4.79 Å². The Balaban J connectivity index is 2.26. The molecule has 1 aromatic heterocycles. The van der Waals surface area contributed by atoms with Crippen molar-refractivity contribution in [2.45, 2.75) is 19.4 Å². The molecule has 1 heterocycles. The Morgan fingerprint density at radius 2 is 2.32 bits per heavy atom. The predicted octanol–water partition coefficient (Wildman–Crippen LogP) is 1.29. The summed E-state index contributed by atoms with van der Waals surface area (Å²) in [4.78, 5) is 10.7. The van der Waals surface area contributed by atoms with Crippen molar-refractivity contribution in [2.75, 3.05) is 0 Å². The number of carboxylic acid groups (broad SMARTS) is 1.